The number of halogens is 1. The van der Waals surface area contributed by atoms with Crippen LogP contribution in [0.1, 0.15) is 24.6 Å². The van der Waals surface area contributed by atoms with E-state index < -0.39 is 0 Å². The second-order valence-corrected chi connectivity index (χ2v) is 5.79. The van der Waals surface area contributed by atoms with Gasteiger partial charge in [0.1, 0.15) is 5.82 Å². The van der Waals surface area contributed by atoms with Gasteiger partial charge in [0.15, 0.2) is 0 Å². The average molecular weight is 311 g/mol. The summed E-state index contributed by atoms with van der Waals surface area (Å²) < 4.78 is 0. The zero-order valence-corrected chi connectivity index (χ0v) is 13.3. The van der Waals surface area contributed by atoms with E-state index in [1.165, 1.54) is 0 Å². The first kappa shape index (κ1) is 15.2. The summed E-state index contributed by atoms with van der Waals surface area (Å²) in [6.07, 6.45) is 3.00. The van der Waals surface area contributed by atoms with Crippen molar-refractivity contribution < 1.29 is 0 Å². The Bertz CT molecular complexity index is 530. The molecule has 0 radical (unpaired) electrons. The molecule has 108 valence electrons. The highest BCUT2D eigenvalue weighted by atomic mass is 35.5. The van der Waals surface area contributed by atoms with Crippen LogP contribution in [-0.4, -0.2) is 23.6 Å². The van der Waals surface area contributed by atoms with Gasteiger partial charge in [-0.25, -0.2) is 9.97 Å². The second-order valence-electron chi connectivity index (χ2n) is 4.66. The average Bonchev–Trinajstić information content (AvgIpc) is 2.92. The topological polar surface area (TPSA) is 41.1 Å². The standard InChI is InChI=1S/C14H19ClN4S/c1-3-4-16-6-11-5-13(15)14(17-7-11)19(2)8-12-9-20-10-18-12/h5,7,9-10,16H,3-4,6,8H2,1-2H3. The number of hydrogen-bond donors (Lipinski definition) is 1. The zero-order chi connectivity index (χ0) is 14.4. The molecular formula is C14H19ClN4S. The van der Waals surface area contributed by atoms with Gasteiger partial charge >= 0.3 is 0 Å². The minimum absolute atomic E-state index is 0.679. The molecule has 2 aromatic rings. The van der Waals surface area contributed by atoms with Gasteiger partial charge in [0.05, 0.1) is 22.8 Å². The molecule has 1 N–H and O–H groups in total. The van der Waals surface area contributed by atoms with E-state index in [2.05, 4.69) is 22.2 Å². The Balaban J connectivity index is 2.01. The van der Waals surface area contributed by atoms with Crippen LogP contribution in [0.25, 0.3) is 0 Å². The number of thiazole rings is 1. The van der Waals surface area contributed by atoms with E-state index in [9.17, 15) is 0 Å². The van der Waals surface area contributed by atoms with Crippen molar-refractivity contribution in [2.45, 2.75) is 26.4 Å². The van der Waals surface area contributed by atoms with Crippen molar-refractivity contribution in [1.82, 2.24) is 15.3 Å². The van der Waals surface area contributed by atoms with Crippen molar-refractivity contribution in [3.63, 3.8) is 0 Å². The first-order valence-corrected chi connectivity index (χ1v) is 7.96. The maximum absolute atomic E-state index is 6.33. The van der Waals surface area contributed by atoms with Crippen LogP contribution in [0.4, 0.5) is 5.82 Å². The van der Waals surface area contributed by atoms with Crippen LogP contribution >= 0.6 is 22.9 Å². The fourth-order valence-corrected chi connectivity index (χ4v) is 2.77. The lowest BCUT2D eigenvalue weighted by Crippen LogP contribution is -2.19. The molecule has 2 heterocycles. The number of nitrogens with zero attached hydrogens (tertiary/aromatic N) is 3. The van der Waals surface area contributed by atoms with Gasteiger partial charge in [0.2, 0.25) is 0 Å². The van der Waals surface area contributed by atoms with Gasteiger partial charge in [-0.1, -0.05) is 18.5 Å². The molecule has 0 aliphatic carbocycles. The highest BCUT2D eigenvalue weighted by molar-refractivity contribution is 7.07. The molecule has 0 fully saturated rings. The van der Waals surface area contributed by atoms with Crippen molar-refractivity contribution in [2.75, 3.05) is 18.5 Å². The summed E-state index contributed by atoms with van der Waals surface area (Å²) >= 11 is 7.92. The molecule has 0 amide bonds. The molecule has 0 aliphatic heterocycles. The van der Waals surface area contributed by atoms with Crippen LogP contribution in [0.3, 0.4) is 0 Å². The number of pyridine rings is 1. The summed E-state index contributed by atoms with van der Waals surface area (Å²) in [7, 11) is 1.97. The monoisotopic (exact) mass is 310 g/mol. The molecule has 0 spiro atoms. The highest BCUT2D eigenvalue weighted by Gasteiger charge is 2.10. The van der Waals surface area contributed by atoms with Gasteiger partial charge in [-0.15, -0.1) is 11.3 Å². The molecule has 2 rings (SSSR count). The van der Waals surface area contributed by atoms with Gasteiger partial charge in [0, 0.05) is 25.2 Å². The van der Waals surface area contributed by atoms with Gasteiger partial charge in [-0.3, -0.25) is 0 Å². The smallest absolute Gasteiger partial charge is 0.147 e. The van der Waals surface area contributed by atoms with Crippen LogP contribution in [0, 0.1) is 0 Å². The largest absolute Gasteiger partial charge is 0.353 e. The van der Waals surface area contributed by atoms with Gasteiger partial charge in [-0.05, 0) is 24.6 Å². The minimum Gasteiger partial charge on any atom is -0.353 e. The molecule has 2 aromatic heterocycles. The van der Waals surface area contributed by atoms with E-state index in [1.807, 2.05) is 35.1 Å². The fourth-order valence-electron chi connectivity index (χ4n) is 1.89. The number of nitrogens with one attached hydrogen (secondary N) is 1. The molecule has 0 saturated heterocycles. The first-order valence-electron chi connectivity index (χ1n) is 6.64. The van der Waals surface area contributed by atoms with Crippen molar-refractivity contribution in [1.29, 1.82) is 0 Å². The molecule has 6 heteroatoms. The molecular weight excluding hydrogens is 292 g/mol. The summed E-state index contributed by atoms with van der Waals surface area (Å²) in [5, 5.41) is 6.06. The minimum atomic E-state index is 0.679. The summed E-state index contributed by atoms with van der Waals surface area (Å²) in [5.74, 6) is 0.791. The zero-order valence-electron chi connectivity index (χ0n) is 11.8. The third-order valence-electron chi connectivity index (χ3n) is 2.88. The molecule has 0 saturated carbocycles. The molecule has 20 heavy (non-hydrogen) atoms. The predicted octanol–water partition coefficient (Wildman–Crippen LogP) is 3.33. The van der Waals surface area contributed by atoms with Crippen molar-refractivity contribution >= 4 is 28.8 Å². The molecule has 0 aromatic carbocycles. The van der Waals surface area contributed by atoms with Crippen LogP contribution in [-0.2, 0) is 13.1 Å². The van der Waals surface area contributed by atoms with Crippen LogP contribution in [0.15, 0.2) is 23.2 Å². The Hall–Kier alpha value is -1.17. The van der Waals surface area contributed by atoms with Crippen molar-refractivity contribution in [3.8, 4) is 0 Å². The second kappa shape index (κ2) is 7.57. The van der Waals surface area contributed by atoms with Crippen LogP contribution in [0.5, 0.6) is 0 Å². The van der Waals surface area contributed by atoms with E-state index in [1.54, 1.807) is 11.3 Å². The maximum Gasteiger partial charge on any atom is 0.147 e. The van der Waals surface area contributed by atoms with Crippen LogP contribution in [0.2, 0.25) is 5.02 Å². The molecule has 0 atom stereocenters. The normalized spacial score (nSPS) is 10.8. The van der Waals surface area contributed by atoms with E-state index in [0.717, 1.165) is 36.6 Å². The van der Waals surface area contributed by atoms with E-state index >= 15 is 0 Å². The number of aromatic nitrogens is 2. The summed E-state index contributed by atoms with van der Waals surface area (Å²) in [6, 6.07) is 1.98. The Labute approximate surface area is 128 Å². The SMILES string of the molecule is CCCNCc1cnc(N(C)Cc2cscn2)c(Cl)c1. The number of hydrogen-bond acceptors (Lipinski definition) is 5. The fraction of sp³-hybridized carbons (Fsp3) is 0.429. The lowest BCUT2D eigenvalue weighted by atomic mass is 10.2. The quantitative estimate of drug-likeness (QED) is 0.796. The lowest BCUT2D eigenvalue weighted by molar-refractivity contribution is 0.673. The van der Waals surface area contributed by atoms with Gasteiger partial charge in [0.25, 0.3) is 0 Å². The summed E-state index contributed by atoms with van der Waals surface area (Å²) in [5.41, 5.74) is 3.97. The molecule has 4 nitrogen and oxygen atoms in total. The summed E-state index contributed by atoms with van der Waals surface area (Å²) in [6.45, 7) is 4.66. The third-order valence-corrected chi connectivity index (χ3v) is 3.79. The van der Waals surface area contributed by atoms with E-state index in [4.69, 9.17) is 11.6 Å². The molecule has 0 aliphatic rings. The van der Waals surface area contributed by atoms with E-state index in [-0.39, 0.29) is 0 Å². The lowest BCUT2D eigenvalue weighted by Gasteiger charge is -2.18. The van der Waals surface area contributed by atoms with Crippen LogP contribution < -0.4 is 10.2 Å². The Morgan fingerprint density at radius 1 is 1.40 bits per heavy atom. The molecule has 0 unspecified atom stereocenters. The first-order chi connectivity index (χ1) is 9.70. The number of rotatable bonds is 7. The van der Waals surface area contributed by atoms with Crippen molar-refractivity contribution in [3.05, 3.63) is 39.4 Å². The van der Waals surface area contributed by atoms with Gasteiger partial charge in [-0.2, -0.15) is 0 Å². The Morgan fingerprint density at radius 3 is 2.90 bits per heavy atom. The number of anilines is 1. The third kappa shape index (κ3) is 4.16. The van der Waals surface area contributed by atoms with E-state index in [0.29, 0.717) is 11.6 Å². The highest BCUT2D eigenvalue weighted by Crippen LogP contribution is 2.24. The Morgan fingerprint density at radius 2 is 2.25 bits per heavy atom. The Kier molecular flexibility index (Phi) is 5.76. The van der Waals surface area contributed by atoms with Gasteiger partial charge < -0.3 is 10.2 Å². The molecule has 0 bridgehead atoms. The van der Waals surface area contributed by atoms with Crippen molar-refractivity contribution in [2.24, 2.45) is 0 Å². The summed E-state index contributed by atoms with van der Waals surface area (Å²) in [4.78, 5) is 10.8. The predicted molar refractivity (Wildman–Crippen MR) is 85.5 cm³/mol. The maximum atomic E-state index is 6.33.